The molecule has 0 radical (unpaired) electrons. The van der Waals surface area contributed by atoms with E-state index >= 15 is 0 Å². The lowest BCUT2D eigenvalue weighted by Crippen LogP contribution is -2.41. The van der Waals surface area contributed by atoms with Gasteiger partial charge in [-0.05, 0) is 55.1 Å². The summed E-state index contributed by atoms with van der Waals surface area (Å²) in [4.78, 5) is 2.51. The number of rotatable bonds is 5. The van der Waals surface area contributed by atoms with Crippen LogP contribution in [0.25, 0.3) is 0 Å². The number of hydrogen-bond donors (Lipinski definition) is 1. The highest BCUT2D eigenvalue weighted by Crippen LogP contribution is 2.27. The van der Waals surface area contributed by atoms with E-state index in [1.54, 1.807) is 0 Å². The molecule has 2 atom stereocenters. The molecule has 1 fully saturated rings. The van der Waals surface area contributed by atoms with Crippen LogP contribution in [0.3, 0.4) is 0 Å². The summed E-state index contributed by atoms with van der Waals surface area (Å²) >= 11 is 3.70. The van der Waals surface area contributed by atoms with Crippen molar-refractivity contribution in [3.63, 3.8) is 0 Å². The summed E-state index contributed by atoms with van der Waals surface area (Å²) in [6, 6.07) is 0.496. The fourth-order valence-electron chi connectivity index (χ4n) is 3.11. The van der Waals surface area contributed by atoms with E-state index in [9.17, 15) is 5.11 Å². The summed E-state index contributed by atoms with van der Waals surface area (Å²) in [7, 11) is 2.02. The first kappa shape index (κ1) is 16.0. The van der Waals surface area contributed by atoms with Crippen molar-refractivity contribution in [3.05, 3.63) is 15.9 Å². The Balaban J connectivity index is 2.12. The molecule has 4 nitrogen and oxygen atoms in total. The molecule has 114 valence electrons. The second-order valence-corrected chi connectivity index (χ2v) is 6.68. The van der Waals surface area contributed by atoms with Gasteiger partial charge in [0.15, 0.2) is 0 Å². The van der Waals surface area contributed by atoms with Gasteiger partial charge < -0.3 is 5.11 Å². The molecule has 1 N–H and O–H groups in total. The Hall–Kier alpha value is -0.390. The van der Waals surface area contributed by atoms with E-state index in [2.05, 4.69) is 32.9 Å². The molecule has 0 spiro atoms. The van der Waals surface area contributed by atoms with Gasteiger partial charge in [-0.1, -0.05) is 13.3 Å². The molecule has 2 heterocycles. The van der Waals surface area contributed by atoms with E-state index in [0.717, 1.165) is 36.1 Å². The zero-order chi connectivity index (χ0) is 14.7. The monoisotopic (exact) mass is 343 g/mol. The minimum absolute atomic E-state index is 0.221. The van der Waals surface area contributed by atoms with E-state index in [0.29, 0.717) is 6.04 Å². The zero-order valence-electron chi connectivity index (χ0n) is 12.8. The van der Waals surface area contributed by atoms with Crippen LogP contribution in [0, 0.1) is 0 Å². The molecule has 5 heteroatoms. The molecule has 2 rings (SSSR count). The van der Waals surface area contributed by atoms with Crippen LogP contribution in [-0.2, 0) is 20.0 Å². The van der Waals surface area contributed by atoms with Crippen LogP contribution in [0.2, 0.25) is 0 Å². The third-order valence-electron chi connectivity index (χ3n) is 4.22. The second kappa shape index (κ2) is 7.05. The van der Waals surface area contributed by atoms with Gasteiger partial charge in [0.2, 0.25) is 0 Å². The molecule has 0 amide bonds. The largest absolute Gasteiger partial charge is 0.393 e. The number of aromatic nitrogens is 2. The predicted molar refractivity (Wildman–Crippen MR) is 84.6 cm³/mol. The average molecular weight is 344 g/mol. The number of aliphatic hydroxyl groups excluding tert-OH is 1. The molecule has 1 saturated heterocycles. The fraction of sp³-hybridized carbons (Fsp3) is 0.800. The van der Waals surface area contributed by atoms with Gasteiger partial charge >= 0.3 is 0 Å². The topological polar surface area (TPSA) is 41.3 Å². The molecule has 20 heavy (non-hydrogen) atoms. The normalized spacial score (nSPS) is 22.1. The Labute approximate surface area is 130 Å². The minimum Gasteiger partial charge on any atom is -0.393 e. The Kier molecular flexibility index (Phi) is 5.64. The van der Waals surface area contributed by atoms with Gasteiger partial charge in [-0.15, -0.1) is 0 Å². The fourth-order valence-corrected chi connectivity index (χ4v) is 3.85. The average Bonchev–Trinajstić information content (AvgIpc) is 2.67. The minimum atomic E-state index is -0.221. The van der Waals surface area contributed by atoms with Crippen LogP contribution in [-0.4, -0.2) is 38.5 Å². The quantitative estimate of drug-likeness (QED) is 0.893. The highest BCUT2D eigenvalue weighted by Gasteiger charge is 2.25. The molecule has 2 unspecified atom stereocenters. The summed E-state index contributed by atoms with van der Waals surface area (Å²) in [5, 5.41) is 14.3. The standard InChI is InChI=1S/C15H26BrN3O/c1-4-13-15(16)14(18(3)17-13)10-19-8-6-5-7-12(19)9-11(2)20/h11-12,20H,4-10H2,1-3H3. The summed E-state index contributed by atoms with van der Waals surface area (Å²) < 4.78 is 3.15. The van der Waals surface area contributed by atoms with Crippen molar-refractivity contribution in [1.29, 1.82) is 0 Å². The lowest BCUT2D eigenvalue weighted by Gasteiger charge is -2.36. The molecule has 1 aromatic rings. The van der Waals surface area contributed by atoms with Crippen LogP contribution in [0.5, 0.6) is 0 Å². The third kappa shape index (κ3) is 3.62. The Morgan fingerprint density at radius 1 is 1.45 bits per heavy atom. The molecule has 0 aliphatic carbocycles. The maximum Gasteiger partial charge on any atom is 0.0767 e. The van der Waals surface area contributed by atoms with Gasteiger partial charge in [0.1, 0.15) is 0 Å². The van der Waals surface area contributed by atoms with Crippen LogP contribution in [0.4, 0.5) is 0 Å². The molecule has 1 aromatic heterocycles. The number of aliphatic hydroxyl groups is 1. The second-order valence-electron chi connectivity index (χ2n) is 5.89. The van der Waals surface area contributed by atoms with Gasteiger partial charge in [-0.25, -0.2) is 0 Å². The van der Waals surface area contributed by atoms with E-state index in [1.807, 2.05) is 18.7 Å². The van der Waals surface area contributed by atoms with Crippen LogP contribution in [0.15, 0.2) is 4.47 Å². The molecule has 0 saturated carbocycles. The Morgan fingerprint density at radius 3 is 2.80 bits per heavy atom. The van der Waals surface area contributed by atoms with E-state index < -0.39 is 0 Å². The molecule has 1 aliphatic heterocycles. The Morgan fingerprint density at radius 2 is 2.20 bits per heavy atom. The van der Waals surface area contributed by atoms with Crippen molar-refractivity contribution in [2.24, 2.45) is 7.05 Å². The van der Waals surface area contributed by atoms with Crippen molar-refractivity contribution in [3.8, 4) is 0 Å². The number of halogens is 1. The van der Waals surface area contributed by atoms with Gasteiger partial charge in [0.05, 0.1) is 22.0 Å². The first-order chi connectivity index (χ1) is 9.52. The molecule has 0 aromatic carbocycles. The SMILES string of the molecule is CCc1nn(C)c(CN2CCCCC2CC(C)O)c1Br. The zero-order valence-corrected chi connectivity index (χ0v) is 14.4. The molecule has 1 aliphatic rings. The van der Waals surface area contributed by atoms with Gasteiger partial charge in [0.25, 0.3) is 0 Å². The van der Waals surface area contributed by atoms with Crippen molar-refractivity contribution >= 4 is 15.9 Å². The van der Waals surface area contributed by atoms with Crippen molar-refractivity contribution < 1.29 is 5.11 Å². The number of piperidine rings is 1. The van der Waals surface area contributed by atoms with E-state index in [4.69, 9.17) is 0 Å². The highest BCUT2D eigenvalue weighted by molar-refractivity contribution is 9.10. The van der Waals surface area contributed by atoms with Crippen LogP contribution >= 0.6 is 15.9 Å². The molecule has 0 bridgehead atoms. The number of aryl methyl sites for hydroxylation is 2. The lowest BCUT2D eigenvalue weighted by atomic mass is 9.97. The van der Waals surface area contributed by atoms with Crippen LogP contribution < -0.4 is 0 Å². The molecular weight excluding hydrogens is 318 g/mol. The molecular formula is C15H26BrN3O. The third-order valence-corrected chi connectivity index (χ3v) is 5.13. The maximum absolute atomic E-state index is 9.69. The summed E-state index contributed by atoms with van der Waals surface area (Å²) in [5.41, 5.74) is 2.38. The highest BCUT2D eigenvalue weighted by atomic mass is 79.9. The van der Waals surface area contributed by atoms with Crippen molar-refractivity contribution in [2.45, 2.75) is 64.6 Å². The van der Waals surface area contributed by atoms with Crippen molar-refractivity contribution in [2.75, 3.05) is 6.54 Å². The smallest absolute Gasteiger partial charge is 0.0767 e. The van der Waals surface area contributed by atoms with Crippen LogP contribution in [0.1, 0.15) is 50.9 Å². The van der Waals surface area contributed by atoms with E-state index in [1.165, 1.54) is 25.0 Å². The summed E-state index contributed by atoms with van der Waals surface area (Å²) in [6.07, 6.45) is 5.33. The summed E-state index contributed by atoms with van der Waals surface area (Å²) in [6.45, 7) is 6.06. The Bertz CT molecular complexity index is 445. The van der Waals surface area contributed by atoms with E-state index in [-0.39, 0.29) is 6.10 Å². The van der Waals surface area contributed by atoms with Crippen molar-refractivity contribution in [1.82, 2.24) is 14.7 Å². The van der Waals surface area contributed by atoms with Gasteiger partial charge in [-0.2, -0.15) is 5.10 Å². The van der Waals surface area contributed by atoms with Gasteiger partial charge in [0, 0.05) is 19.6 Å². The first-order valence-electron chi connectivity index (χ1n) is 7.65. The number of nitrogens with zero attached hydrogens (tertiary/aromatic N) is 3. The predicted octanol–water partition coefficient (Wildman–Crippen LogP) is 2.87. The number of hydrogen-bond acceptors (Lipinski definition) is 3. The van der Waals surface area contributed by atoms with Gasteiger partial charge in [-0.3, -0.25) is 9.58 Å². The number of likely N-dealkylation sites (tertiary alicyclic amines) is 1. The summed E-state index contributed by atoms with van der Waals surface area (Å²) in [5.74, 6) is 0. The lowest BCUT2D eigenvalue weighted by molar-refractivity contribution is 0.0799. The first-order valence-corrected chi connectivity index (χ1v) is 8.44. The maximum atomic E-state index is 9.69.